The molecule has 0 bridgehead atoms. The van der Waals surface area contributed by atoms with Crippen LogP contribution in [0.15, 0.2) is 22.7 Å². The zero-order chi connectivity index (χ0) is 9.42. The minimum absolute atomic E-state index is 0.705. The Morgan fingerprint density at radius 3 is 2.77 bits per heavy atom. The van der Waals surface area contributed by atoms with Crippen LogP contribution in [0, 0.1) is 0 Å². The summed E-state index contributed by atoms with van der Waals surface area (Å²) in [5.41, 5.74) is 7.94. The first kappa shape index (κ1) is 8.88. The molecule has 0 amide bonds. The van der Waals surface area contributed by atoms with Gasteiger partial charge in [0.1, 0.15) is 0 Å². The Kier molecular flexibility index (Phi) is 2.20. The fourth-order valence-electron chi connectivity index (χ4n) is 1.49. The van der Waals surface area contributed by atoms with Crippen LogP contribution in [0.1, 0.15) is 12.8 Å². The van der Waals surface area contributed by atoms with Gasteiger partial charge in [-0.1, -0.05) is 6.07 Å². The van der Waals surface area contributed by atoms with E-state index in [1.54, 1.807) is 0 Å². The van der Waals surface area contributed by atoms with Crippen LogP contribution in [0.4, 0.5) is 11.4 Å². The third-order valence-electron chi connectivity index (χ3n) is 2.50. The molecule has 0 unspecified atom stereocenters. The standard InChI is InChI=1S/C10H13BrN2/c1-13(7-5-6-7)9-4-2-3-8(11)10(9)12/h2-4,7H,5-6,12H2,1H3. The van der Waals surface area contributed by atoms with Gasteiger partial charge in [-0.2, -0.15) is 0 Å². The van der Waals surface area contributed by atoms with E-state index in [4.69, 9.17) is 5.73 Å². The Bertz CT molecular complexity index is 321. The number of nitrogen functional groups attached to an aromatic ring is 1. The number of hydrogen-bond donors (Lipinski definition) is 1. The van der Waals surface area contributed by atoms with Crippen molar-refractivity contribution >= 4 is 27.3 Å². The zero-order valence-electron chi connectivity index (χ0n) is 7.63. The summed E-state index contributed by atoms with van der Waals surface area (Å²) < 4.78 is 0.984. The van der Waals surface area contributed by atoms with Crippen LogP contribution < -0.4 is 10.6 Å². The Labute approximate surface area is 86.9 Å². The van der Waals surface area contributed by atoms with Crippen molar-refractivity contribution in [2.24, 2.45) is 0 Å². The molecule has 0 spiro atoms. The maximum Gasteiger partial charge on any atom is 0.0696 e. The second kappa shape index (κ2) is 3.22. The van der Waals surface area contributed by atoms with Crippen molar-refractivity contribution in [2.75, 3.05) is 17.7 Å². The second-order valence-corrected chi connectivity index (χ2v) is 4.37. The highest BCUT2D eigenvalue weighted by atomic mass is 79.9. The van der Waals surface area contributed by atoms with E-state index in [-0.39, 0.29) is 0 Å². The molecule has 70 valence electrons. The van der Waals surface area contributed by atoms with Gasteiger partial charge < -0.3 is 10.6 Å². The van der Waals surface area contributed by atoms with Gasteiger partial charge in [-0.25, -0.2) is 0 Å². The third-order valence-corrected chi connectivity index (χ3v) is 3.20. The first-order chi connectivity index (χ1) is 6.20. The van der Waals surface area contributed by atoms with Crippen LogP contribution in [-0.4, -0.2) is 13.1 Å². The monoisotopic (exact) mass is 240 g/mol. The zero-order valence-corrected chi connectivity index (χ0v) is 9.21. The molecular weight excluding hydrogens is 228 g/mol. The van der Waals surface area contributed by atoms with Crippen LogP contribution in [0.5, 0.6) is 0 Å². The van der Waals surface area contributed by atoms with Crippen molar-refractivity contribution < 1.29 is 0 Å². The van der Waals surface area contributed by atoms with Crippen molar-refractivity contribution in [3.05, 3.63) is 22.7 Å². The number of nitrogens with two attached hydrogens (primary N) is 1. The topological polar surface area (TPSA) is 29.3 Å². The van der Waals surface area contributed by atoms with Gasteiger partial charge >= 0.3 is 0 Å². The molecule has 0 radical (unpaired) electrons. The number of nitrogens with zero attached hydrogens (tertiary/aromatic N) is 1. The Morgan fingerprint density at radius 2 is 2.15 bits per heavy atom. The predicted molar refractivity (Wildman–Crippen MR) is 60.0 cm³/mol. The van der Waals surface area contributed by atoms with Crippen LogP contribution in [-0.2, 0) is 0 Å². The molecular formula is C10H13BrN2. The summed E-state index contributed by atoms with van der Waals surface area (Å²) in [5, 5.41) is 0. The maximum atomic E-state index is 5.96. The number of hydrogen-bond acceptors (Lipinski definition) is 2. The number of anilines is 2. The van der Waals surface area contributed by atoms with E-state index in [1.165, 1.54) is 12.8 Å². The lowest BCUT2D eigenvalue weighted by atomic mass is 10.2. The molecule has 1 aliphatic rings. The lowest BCUT2D eigenvalue weighted by Gasteiger charge is -2.20. The van der Waals surface area contributed by atoms with Crippen LogP contribution in [0.25, 0.3) is 0 Å². The lowest BCUT2D eigenvalue weighted by Crippen LogP contribution is -2.20. The fraction of sp³-hybridized carbons (Fsp3) is 0.400. The number of rotatable bonds is 2. The fourth-order valence-corrected chi connectivity index (χ4v) is 1.85. The summed E-state index contributed by atoms with van der Waals surface area (Å²) >= 11 is 3.43. The van der Waals surface area contributed by atoms with Gasteiger partial charge in [0.2, 0.25) is 0 Å². The molecule has 1 saturated carbocycles. The summed E-state index contributed by atoms with van der Waals surface area (Å²) in [4.78, 5) is 2.26. The third kappa shape index (κ3) is 1.66. The van der Waals surface area contributed by atoms with Crippen molar-refractivity contribution in [1.82, 2.24) is 0 Å². The largest absolute Gasteiger partial charge is 0.396 e. The normalized spacial score (nSPS) is 15.8. The van der Waals surface area contributed by atoms with E-state index in [2.05, 4.69) is 33.9 Å². The van der Waals surface area contributed by atoms with Gasteiger partial charge in [0.25, 0.3) is 0 Å². The van der Waals surface area contributed by atoms with Gasteiger partial charge in [0.05, 0.1) is 11.4 Å². The number of halogens is 1. The molecule has 0 saturated heterocycles. The van der Waals surface area contributed by atoms with Crippen molar-refractivity contribution in [1.29, 1.82) is 0 Å². The average Bonchev–Trinajstić information content (AvgIpc) is 2.91. The summed E-state index contributed by atoms with van der Waals surface area (Å²) in [6.45, 7) is 0. The molecule has 1 fully saturated rings. The maximum absolute atomic E-state index is 5.96. The molecule has 1 aliphatic carbocycles. The van der Waals surface area contributed by atoms with Crippen molar-refractivity contribution in [2.45, 2.75) is 18.9 Å². The summed E-state index contributed by atoms with van der Waals surface area (Å²) in [6, 6.07) is 6.77. The average molecular weight is 241 g/mol. The van der Waals surface area contributed by atoms with Crippen LogP contribution in [0.2, 0.25) is 0 Å². The molecule has 0 aliphatic heterocycles. The Morgan fingerprint density at radius 1 is 1.46 bits per heavy atom. The van der Waals surface area contributed by atoms with Crippen LogP contribution >= 0.6 is 15.9 Å². The SMILES string of the molecule is CN(c1cccc(Br)c1N)C1CC1. The molecule has 0 atom stereocenters. The summed E-state index contributed by atoms with van der Waals surface area (Å²) in [7, 11) is 2.11. The quantitative estimate of drug-likeness (QED) is 0.806. The van der Waals surface area contributed by atoms with E-state index in [0.29, 0.717) is 6.04 Å². The van der Waals surface area contributed by atoms with Gasteiger partial charge in [-0.05, 0) is 40.9 Å². The molecule has 2 rings (SSSR count). The lowest BCUT2D eigenvalue weighted by molar-refractivity contribution is 0.918. The van der Waals surface area contributed by atoms with E-state index in [1.807, 2.05) is 12.1 Å². The molecule has 2 nitrogen and oxygen atoms in total. The number of para-hydroxylation sites is 1. The first-order valence-corrected chi connectivity index (χ1v) is 5.26. The molecule has 0 aromatic heterocycles. The highest BCUT2D eigenvalue weighted by Gasteiger charge is 2.27. The van der Waals surface area contributed by atoms with E-state index >= 15 is 0 Å². The highest BCUT2D eigenvalue weighted by molar-refractivity contribution is 9.10. The van der Waals surface area contributed by atoms with Gasteiger partial charge in [-0.15, -0.1) is 0 Å². The van der Waals surface area contributed by atoms with Gasteiger partial charge in [0.15, 0.2) is 0 Å². The van der Waals surface area contributed by atoms with E-state index in [9.17, 15) is 0 Å². The van der Waals surface area contributed by atoms with Crippen molar-refractivity contribution in [3.63, 3.8) is 0 Å². The first-order valence-electron chi connectivity index (χ1n) is 4.47. The minimum Gasteiger partial charge on any atom is -0.396 e. The second-order valence-electron chi connectivity index (χ2n) is 3.51. The highest BCUT2D eigenvalue weighted by Crippen LogP contribution is 2.36. The Hall–Kier alpha value is -0.700. The molecule has 1 aromatic carbocycles. The predicted octanol–water partition coefficient (Wildman–Crippen LogP) is 2.63. The number of benzene rings is 1. The molecule has 0 heterocycles. The van der Waals surface area contributed by atoms with Gasteiger partial charge in [0, 0.05) is 17.6 Å². The smallest absolute Gasteiger partial charge is 0.0696 e. The molecule has 3 heteroatoms. The molecule has 1 aromatic rings. The van der Waals surface area contributed by atoms with Crippen LogP contribution in [0.3, 0.4) is 0 Å². The minimum atomic E-state index is 0.705. The molecule has 13 heavy (non-hydrogen) atoms. The van der Waals surface area contributed by atoms with Crippen molar-refractivity contribution in [3.8, 4) is 0 Å². The van der Waals surface area contributed by atoms with E-state index in [0.717, 1.165) is 15.8 Å². The summed E-state index contributed by atoms with van der Waals surface area (Å²) in [6.07, 6.45) is 2.59. The molecule has 2 N–H and O–H groups in total. The summed E-state index contributed by atoms with van der Waals surface area (Å²) in [5.74, 6) is 0. The van der Waals surface area contributed by atoms with E-state index < -0.39 is 0 Å². The van der Waals surface area contributed by atoms with Gasteiger partial charge in [-0.3, -0.25) is 0 Å². The Balaban J connectivity index is 2.32.